The predicted octanol–water partition coefficient (Wildman–Crippen LogP) is 10.1. The maximum atomic E-state index is 12.7. The Morgan fingerprint density at radius 3 is 1.88 bits per heavy atom. The molecule has 3 heteroatoms. The summed E-state index contributed by atoms with van der Waals surface area (Å²) < 4.78 is 0. The van der Waals surface area contributed by atoms with Gasteiger partial charge in [-0.1, -0.05) is 88.2 Å². The van der Waals surface area contributed by atoms with Gasteiger partial charge < -0.3 is 9.80 Å². The molecule has 234 valence electrons. The highest BCUT2D eigenvalue weighted by Crippen LogP contribution is 2.41. The van der Waals surface area contributed by atoms with Crippen LogP contribution in [0.15, 0.2) is 55.6 Å². The summed E-state index contributed by atoms with van der Waals surface area (Å²) in [5.41, 5.74) is 8.97. The predicted molar refractivity (Wildman–Crippen MR) is 186 cm³/mol. The lowest BCUT2D eigenvalue weighted by Crippen LogP contribution is -2.47. The zero-order valence-electron chi connectivity index (χ0n) is 28.9. The summed E-state index contributed by atoms with van der Waals surface area (Å²) in [6, 6.07) is 12.6. The van der Waals surface area contributed by atoms with Crippen molar-refractivity contribution in [2.45, 2.75) is 101 Å². The maximum Gasteiger partial charge on any atom is 0.253 e. The van der Waals surface area contributed by atoms with Gasteiger partial charge in [0.25, 0.3) is 5.91 Å². The number of likely N-dealkylation sites (tertiary alicyclic amines) is 2. The summed E-state index contributed by atoms with van der Waals surface area (Å²) in [7, 11) is 2.21. The van der Waals surface area contributed by atoms with Gasteiger partial charge in [0.15, 0.2) is 0 Å². The number of hydrogen-bond donors (Lipinski definition) is 0. The molecule has 2 heterocycles. The van der Waals surface area contributed by atoms with Crippen LogP contribution >= 0.6 is 0 Å². The largest absolute Gasteiger partial charge is 0.339 e. The molecule has 2 aliphatic heterocycles. The number of rotatable bonds is 5. The monoisotopic (exact) mass is 574 g/mol. The van der Waals surface area contributed by atoms with Crippen molar-refractivity contribution in [3.05, 3.63) is 89.0 Å². The van der Waals surface area contributed by atoms with Gasteiger partial charge in [-0.05, 0) is 127 Å². The molecule has 1 amide bonds. The molecule has 0 N–H and O–H groups in total. The van der Waals surface area contributed by atoms with E-state index >= 15 is 0 Å². The van der Waals surface area contributed by atoms with E-state index in [4.69, 9.17) is 0 Å². The van der Waals surface area contributed by atoms with Crippen LogP contribution in [0.4, 0.5) is 0 Å². The van der Waals surface area contributed by atoms with Crippen molar-refractivity contribution in [2.75, 3.05) is 33.2 Å². The highest BCUT2D eigenvalue weighted by Gasteiger charge is 2.37. The third kappa shape index (κ3) is 11.9. The minimum absolute atomic E-state index is 0.217. The molecule has 0 aromatic heterocycles. The number of allylic oxidation sites excluding steroid dienone is 2. The van der Waals surface area contributed by atoms with Gasteiger partial charge in [-0.2, -0.15) is 0 Å². The lowest BCUT2D eigenvalue weighted by atomic mass is 9.71. The first-order chi connectivity index (χ1) is 19.9. The molecule has 2 fully saturated rings. The number of hydrogen-bond acceptors (Lipinski definition) is 2. The van der Waals surface area contributed by atoms with Crippen LogP contribution in [0.1, 0.15) is 112 Å². The zero-order valence-corrected chi connectivity index (χ0v) is 28.9. The molecule has 2 aromatic carbocycles. The quantitative estimate of drug-likeness (QED) is 0.332. The summed E-state index contributed by atoms with van der Waals surface area (Å²) in [6.07, 6.45) is 9.13. The number of aryl methyl sites for hydroxylation is 4. The van der Waals surface area contributed by atoms with Crippen LogP contribution in [0.5, 0.6) is 0 Å². The van der Waals surface area contributed by atoms with E-state index in [-0.39, 0.29) is 5.91 Å². The smallest absolute Gasteiger partial charge is 0.253 e. The highest BCUT2D eigenvalue weighted by atomic mass is 16.2. The summed E-state index contributed by atoms with van der Waals surface area (Å²) >= 11 is 0. The molecule has 1 spiro atoms. The molecule has 3 nitrogen and oxygen atoms in total. The third-order valence-corrected chi connectivity index (χ3v) is 8.43. The van der Waals surface area contributed by atoms with Gasteiger partial charge in [0.2, 0.25) is 0 Å². The zero-order chi connectivity index (χ0) is 31.9. The van der Waals surface area contributed by atoms with Crippen LogP contribution in [0.2, 0.25) is 0 Å². The molecule has 0 saturated carbocycles. The molecule has 42 heavy (non-hydrogen) atoms. The van der Waals surface area contributed by atoms with Gasteiger partial charge in [-0.3, -0.25) is 4.79 Å². The first-order valence-corrected chi connectivity index (χ1v) is 16.3. The van der Waals surface area contributed by atoms with Crippen LogP contribution in [-0.2, 0) is 6.42 Å². The summed E-state index contributed by atoms with van der Waals surface area (Å²) in [4.78, 5) is 17.2. The Balaban J connectivity index is 0.000000370. The number of amides is 1. The summed E-state index contributed by atoms with van der Waals surface area (Å²) in [5, 5.41) is 0. The van der Waals surface area contributed by atoms with Crippen molar-refractivity contribution >= 4 is 11.5 Å². The van der Waals surface area contributed by atoms with Crippen molar-refractivity contribution in [1.29, 1.82) is 0 Å². The Labute approximate surface area is 260 Å². The van der Waals surface area contributed by atoms with E-state index in [1.54, 1.807) is 0 Å². The average Bonchev–Trinajstić information content (AvgIpc) is 2.95. The third-order valence-electron chi connectivity index (χ3n) is 8.43. The molecule has 4 rings (SSSR count). The number of carbonyl (C=O) groups is 1. The van der Waals surface area contributed by atoms with Crippen molar-refractivity contribution in [2.24, 2.45) is 11.3 Å². The Morgan fingerprint density at radius 2 is 1.48 bits per heavy atom. The van der Waals surface area contributed by atoms with E-state index in [9.17, 15) is 4.79 Å². The van der Waals surface area contributed by atoms with Crippen LogP contribution in [-0.4, -0.2) is 48.9 Å². The minimum Gasteiger partial charge on any atom is -0.339 e. The second-order valence-corrected chi connectivity index (χ2v) is 12.6. The Bertz CT molecular complexity index is 1090. The van der Waals surface area contributed by atoms with Crippen molar-refractivity contribution in [1.82, 2.24) is 9.80 Å². The second-order valence-electron chi connectivity index (χ2n) is 12.6. The molecule has 2 aromatic rings. The number of piperidine rings is 2. The highest BCUT2D eigenvalue weighted by molar-refractivity contribution is 5.94. The van der Waals surface area contributed by atoms with Crippen LogP contribution in [0, 0.1) is 32.1 Å². The van der Waals surface area contributed by atoms with Gasteiger partial charge in [-0.25, -0.2) is 0 Å². The molecule has 0 aliphatic carbocycles. The van der Waals surface area contributed by atoms with Crippen molar-refractivity contribution in [3.8, 4) is 0 Å². The lowest BCUT2D eigenvalue weighted by molar-refractivity contribution is 0.0352. The lowest BCUT2D eigenvalue weighted by Gasteiger charge is -2.46. The molecular formula is C39H62N2O. The van der Waals surface area contributed by atoms with Gasteiger partial charge in [-0.15, -0.1) is 6.58 Å². The van der Waals surface area contributed by atoms with Gasteiger partial charge in [0, 0.05) is 18.7 Å². The van der Waals surface area contributed by atoms with E-state index in [0.717, 1.165) is 37.4 Å². The average molecular weight is 575 g/mol. The first kappa shape index (κ1) is 37.4. The molecule has 0 atom stereocenters. The van der Waals surface area contributed by atoms with Gasteiger partial charge in [0.1, 0.15) is 0 Å². The minimum atomic E-state index is 0.217. The molecule has 2 aliphatic rings. The fourth-order valence-electron chi connectivity index (χ4n) is 6.02. The fraction of sp³-hybridized carbons (Fsp3) is 0.564. The Hall–Kier alpha value is -2.65. The second kappa shape index (κ2) is 18.8. The SMILES string of the molecule is C=C(C)c1c(C)cccc1CC.C=CCC(C)C.CC.Cc1cc(C)cc(C(=O)N2CCC3(CCN(C)CC3)CC2)c1. The Morgan fingerprint density at radius 1 is 0.952 bits per heavy atom. The van der Waals surface area contributed by atoms with Gasteiger partial charge >= 0.3 is 0 Å². The standard InChI is InChI=1S/C19H28N2O.C12H16.C6H12.C2H6/c1-15-12-16(2)14-17(13-15)18(22)21-10-6-19(7-11-21)4-8-20(3)9-5-19;1-5-11-8-6-7-10(4)12(11)9(2)3;1-4-5-6(2)3;1-2/h12-14H,4-11H2,1-3H3;6-8H,2,5H2,1,3-4H3;4,6H,1,5H2,2-3H3;1-2H3. The van der Waals surface area contributed by atoms with Gasteiger partial charge in [0.05, 0.1) is 0 Å². The Kier molecular flexibility index (Phi) is 16.7. The van der Waals surface area contributed by atoms with Crippen LogP contribution in [0.3, 0.4) is 0 Å². The first-order valence-electron chi connectivity index (χ1n) is 16.3. The molecule has 2 saturated heterocycles. The molecule has 0 unspecified atom stereocenters. The van der Waals surface area contributed by atoms with E-state index in [1.807, 2.05) is 32.1 Å². The number of benzene rings is 2. The molecular weight excluding hydrogens is 512 g/mol. The van der Waals surface area contributed by atoms with E-state index in [2.05, 4.69) is 103 Å². The van der Waals surface area contributed by atoms with E-state index < -0.39 is 0 Å². The van der Waals surface area contributed by atoms with Crippen molar-refractivity contribution in [3.63, 3.8) is 0 Å². The van der Waals surface area contributed by atoms with E-state index in [0.29, 0.717) is 5.41 Å². The summed E-state index contributed by atoms with van der Waals surface area (Å²) in [5.74, 6) is 0.997. The van der Waals surface area contributed by atoms with Crippen LogP contribution < -0.4 is 0 Å². The normalized spacial score (nSPS) is 15.8. The maximum absolute atomic E-state index is 12.7. The van der Waals surface area contributed by atoms with E-state index in [1.165, 1.54) is 72.2 Å². The molecule has 0 bridgehead atoms. The van der Waals surface area contributed by atoms with Crippen LogP contribution in [0.25, 0.3) is 5.57 Å². The number of carbonyl (C=O) groups excluding carboxylic acids is 1. The topological polar surface area (TPSA) is 23.6 Å². The summed E-state index contributed by atoms with van der Waals surface area (Å²) in [6.45, 7) is 30.8. The molecule has 0 radical (unpaired) electrons. The van der Waals surface area contributed by atoms with Crippen molar-refractivity contribution < 1.29 is 4.79 Å². The fourth-order valence-corrected chi connectivity index (χ4v) is 6.02. The number of nitrogens with zero attached hydrogens (tertiary/aromatic N) is 2.